The van der Waals surface area contributed by atoms with Crippen molar-refractivity contribution in [1.29, 1.82) is 0 Å². The van der Waals surface area contributed by atoms with Gasteiger partial charge in [-0.05, 0) is 31.6 Å². The Morgan fingerprint density at radius 3 is 2.78 bits per heavy atom. The second-order valence-corrected chi connectivity index (χ2v) is 7.67. The van der Waals surface area contributed by atoms with E-state index in [0.717, 1.165) is 24.8 Å². The van der Waals surface area contributed by atoms with Crippen LogP contribution in [-0.4, -0.2) is 39.5 Å². The molecule has 1 aromatic heterocycles. The van der Waals surface area contributed by atoms with Gasteiger partial charge in [0.25, 0.3) is 0 Å². The van der Waals surface area contributed by atoms with E-state index in [2.05, 4.69) is 4.98 Å². The molecular weight excluding hydrogens is 344 g/mol. The van der Waals surface area contributed by atoms with Crippen LogP contribution >= 0.6 is 0 Å². The van der Waals surface area contributed by atoms with Gasteiger partial charge in [0.05, 0.1) is 6.20 Å². The van der Waals surface area contributed by atoms with Gasteiger partial charge in [0.2, 0.25) is 5.91 Å². The molecule has 2 heterocycles. The molecule has 142 valence electrons. The first-order valence-electron chi connectivity index (χ1n) is 9.57. The second kappa shape index (κ2) is 7.18. The molecule has 1 saturated heterocycles. The molecule has 1 aliphatic heterocycles. The Kier molecular flexibility index (Phi) is 4.72. The largest absolute Gasteiger partial charge is 0.480 e. The van der Waals surface area contributed by atoms with Gasteiger partial charge < -0.3 is 14.4 Å². The van der Waals surface area contributed by atoms with Crippen molar-refractivity contribution in [2.75, 3.05) is 6.54 Å². The van der Waals surface area contributed by atoms with Crippen molar-refractivity contribution in [3.63, 3.8) is 0 Å². The fourth-order valence-corrected chi connectivity index (χ4v) is 4.51. The summed E-state index contributed by atoms with van der Waals surface area (Å²) in [5.41, 5.74) is 2.12. The summed E-state index contributed by atoms with van der Waals surface area (Å²) >= 11 is 0. The van der Waals surface area contributed by atoms with Crippen LogP contribution in [0.25, 0.3) is 11.3 Å². The maximum atomic E-state index is 12.7. The van der Waals surface area contributed by atoms with Crippen molar-refractivity contribution >= 4 is 11.9 Å². The standard InChI is InChI=1S/C21H24N2O4/c1-13-5-7-14(8-6-13)17-11-22-18(27-17)9-10-19(24)23-12-15-3-2-4-16(15)20(23)21(25)26/h5-8,11,15-16,20H,2-4,9-10,12H2,1H3,(H,25,26). The minimum atomic E-state index is -0.879. The second-order valence-electron chi connectivity index (χ2n) is 7.67. The highest BCUT2D eigenvalue weighted by Gasteiger charge is 2.49. The number of aliphatic carboxylic acids is 1. The molecule has 27 heavy (non-hydrogen) atoms. The highest BCUT2D eigenvalue weighted by Crippen LogP contribution is 2.42. The number of rotatable bonds is 5. The Hall–Kier alpha value is -2.63. The van der Waals surface area contributed by atoms with E-state index in [-0.39, 0.29) is 18.2 Å². The number of aromatic nitrogens is 1. The van der Waals surface area contributed by atoms with E-state index in [1.165, 1.54) is 5.56 Å². The lowest BCUT2D eigenvalue weighted by Gasteiger charge is -2.24. The van der Waals surface area contributed by atoms with Crippen molar-refractivity contribution in [1.82, 2.24) is 9.88 Å². The van der Waals surface area contributed by atoms with Crippen molar-refractivity contribution in [2.45, 2.75) is 45.1 Å². The number of oxazole rings is 1. The molecule has 1 N–H and O–H groups in total. The maximum absolute atomic E-state index is 12.7. The fourth-order valence-electron chi connectivity index (χ4n) is 4.51. The summed E-state index contributed by atoms with van der Waals surface area (Å²) in [5, 5.41) is 9.59. The summed E-state index contributed by atoms with van der Waals surface area (Å²) in [6.45, 7) is 2.60. The van der Waals surface area contributed by atoms with Crippen molar-refractivity contribution in [3.05, 3.63) is 41.9 Å². The molecule has 1 aromatic carbocycles. The van der Waals surface area contributed by atoms with Gasteiger partial charge in [-0.2, -0.15) is 0 Å². The third-order valence-corrected chi connectivity index (χ3v) is 5.91. The monoisotopic (exact) mass is 368 g/mol. The minimum absolute atomic E-state index is 0.112. The lowest BCUT2D eigenvalue weighted by atomic mass is 9.94. The molecule has 2 aromatic rings. The van der Waals surface area contributed by atoms with Gasteiger partial charge in [-0.3, -0.25) is 4.79 Å². The number of fused-ring (bicyclic) bond motifs is 1. The Labute approximate surface area is 158 Å². The lowest BCUT2D eigenvalue weighted by molar-refractivity contribution is -0.149. The minimum Gasteiger partial charge on any atom is -0.480 e. The topological polar surface area (TPSA) is 83.6 Å². The Balaban J connectivity index is 1.39. The van der Waals surface area contributed by atoms with E-state index in [9.17, 15) is 14.7 Å². The third kappa shape index (κ3) is 3.48. The molecule has 0 spiro atoms. The number of aryl methyl sites for hydroxylation is 2. The average Bonchev–Trinajstić information content (AvgIpc) is 3.35. The van der Waals surface area contributed by atoms with Gasteiger partial charge in [0.1, 0.15) is 6.04 Å². The molecule has 1 saturated carbocycles. The molecule has 2 fully saturated rings. The van der Waals surface area contributed by atoms with E-state index < -0.39 is 12.0 Å². The Morgan fingerprint density at radius 1 is 1.26 bits per heavy atom. The van der Waals surface area contributed by atoms with Gasteiger partial charge in [0, 0.05) is 24.9 Å². The van der Waals surface area contributed by atoms with Crippen molar-refractivity contribution in [2.24, 2.45) is 11.8 Å². The van der Waals surface area contributed by atoms with E-state index in [1.54, 1.807) is 11.1 Å². The molecule has 1 amide bonds. The van der Waals surface area contributed by atoms with Gasteiger partial charge in [0.15, 0.2) is 11.7 Å². The molecular formula is C21H24N2O4. The quantitative estimate of drug-likeness (QED) is 0.875. The van der Waals surface area contributed by atoms with Crippen molar-refractivity contribution in [3.8, 4) is 11.3 Å². The highest BCUT2D eigenvalue weighted by molar-refractivity contribution is 5.84. The van der Waals surface area contributed by atoms with Crippen LogP contribution in [0.4, 0.5) is 0 Å². The number of carbonyl (C=O) groups is 2. The number of hydrogen-bond acceptors (Lipinski definition) is 4. The van der Waals surface area contributed by atoms with Crippen molar-refractivity contribution < 1.29 is 19.1 Å². The number of amides is 1. The maximum Gasteiger partial charge on any atom is 0.326 e. The first kappa shape index (κ1) is 17.8. The molecule has 6 nitrogen and oxygen atoms in total. The zero-order valence-corrected chi connectivity index (χ0v) is 15.4. The summed E-state index contributed by atoms with van der Waals surface area (Å²) in [6, 6.07) is 7.31. The first-order valence-corrected chi connectivity index (χ1v) is 9.57. The molecule has 6 heteroatoms. The van der Waals surface area contributed by atoms with E-state index in [1.807, 2.05) is 31.2 Å². The molecule has 2 aliphatic rings. The normalized spacial score (nSPS) is 24.2. The molecule has 3 unspecified atom stereocenters. The van der Waals surface area contributed by atoms with Crippen LogP contribution in [0.5, 0.6) is 0 Å². The summed E-state index contributed by atoms with van der Waals surface area (Å²) < 4.78 is 5.77. The fraction of sp³-hybridized carbons (Fsp3) is 0.476. The molecule has 0 radical (unpaired) electrons. The first-order chi connectivity index (χ1) is 13.0. The smallest absolute Gasteiger partial charge is 0.326 e. The number of hydrogen-bond donors (Lipinski definition) is 1. The summed E-state index contributed by atoms with van der Waals surface area (Å²) in [5.74, 6) is 0.635. The predicted octanol–water partition coefficient (Wildman–Crippen LogP) is 3.29. The average molecular weight is 368 g/mol. The van der Waals surface area contributed by atoms with E-state index >= 15 is 0 Å². The molecule has 3 atom stereocenters. The SMILES string of the molecule is Cc1ccc(-c2cnc(CCC(=O)N3CC4CCCC4C3C(=O)O)o2)cc1. The van der Waals surface area contributed by atoms with E-state index in [4.69, 9.17) is 4.42 Å². The number of benzene rings is 1. The zero-order valence-electron chi connectivity index (χ0n) is 15.4. The van der Waals surface area contributed by atoms with Crippen LogP contribution in [0.3, 0.4) is 0 Å². The number of carboxylic acids is 1. The molecule has 0 bridgehead atoms. The number of carboxylic acid groups (broad SMARTS) is 1. The van der Waals surface area contributed by atoms with Crippen LogP contribution in [0.15, 0.2) is 34.9 Å². The summed E-state index contributed by atoms with van der Waals surface area (Å²) in [4.78, 5) is 30.2. The Bertz CT molecular complexity index is 842. The van der Waals surface area contributed by atoms with Crippen LogP contribution < -0.4 is 0 Å². The summed E-state index contributed by atoms with van der Waals surface area (Å²) in [6.07, 6.45) is 5.27. The highest BCUT2D eigenvalue weighted by atomic mass is 16.4. The van der Waals surface area contributed by atoms with Gasteiger partial charge in [-0.25, -0.2) is 9.78 Å². The molecule has 4 rings (SSSR count). The molecule has 1 aliphatic carbocycles. The number of likely N-dealkylation sites (tertiary alicyclic amines) is 1. The van der Waals surface area contributed by atoms with Crippen LogP contribution in [-0.2, 0) is 16.0 Å². The van der Waals surface area contributed by atoms with Crippen LogP contribution in [0.2, 0.25) is 0 Å². The van der Waals surface area contributed by atoms with Gasteiger partial charge in [-0.15, -0.1) is 0 Å². The zero-order chi connectivity index (χ0) is 19.0. The van der Waals surface area contributed by atoms with Gasteiger partial charge in [-0.1, -0.05) is 36.2 Å². The Morgan fingerprint density at radius 2 is 2.04 bits per heavy atom. The van der Waals surface area contributed by atoms with Crippen LogP contribution in [0, 0.1) is 18.8 Å². The predicted molar refractivity (Wildman–Crippen MR) is 99.0 cm³/mol. The number of carbonyl (C=O) groups excluding carboxylic acids is 1. The lowest BCUT2D eigenvalue weighted by Crippen LogP contribution is -2.43. The third-order valence-electron chi connectivity index (χ3n) is 5.91. The van der Waals surface area contributed by atoms with E-state index in [0.29, 0.717) is 30.5 Å². The van der Waals surface area contributed by atoms with Gasteiger partial charge >= 0.3 is 5.97 Å². The number of nitrogens with zero attached hydrogens (tertiary/aromatic N) is 2. The van der Waals surface area contributed by atoms with Crippen LogP contribution in [0.1, 0.15) is 37.1 Å². The summed E-state index contributed by atoms with van der Waals surface area (Å²) in [7, 11) is 0.